The predicted octanol–water partition coefficient (Wildman–Crippen LogP) is 2.52. The highest BCUT2D eigenvalue weighted by Gasteiger charge is 2.28. The van der Waals surface area contributed by atoms with Crippen LogP contribution in [-0.2, 0) is 23.1 Å². The fourth-order valence-electron chi connectivity index (χ4n) is 0.981. The van der Waals surface area contributed by atoms with Gasteiger partial charge in [0.25, 0.3) is 0 Å². The maximum atomic E-state index is 12.1. The van der Waals surface area contributed by atoms with Crippen molar-refractivity contribution in [2.45, 2.75) is 20.8 Å². The van der Waals surface area contributed by atoms with Crippen LogP contribution >= 0.6 is 18.2 Å². The van der Waals surface area contributed by atoms with E-state index in [4.69, 9.17) is 9.05 Å². The van der Waals surface area contributed by atoms with Gasteiger partial charge in [0.2, 0.25) is 5.91 Å². The van der Waals surface area contributed by atoms with E-state index in [0.717, 1.165) is 16.3 Å². The molecule has 0 saturated heterocycles. The summed E-state index contributed by atoms with van der Waals surface area (Å²) in [4.78, 5) is 23.8. The van der Waals surface area contributed by atoms with Crippen molar-refractivity contribution in [3.63, 3.8) is 0 Å². The highest BCUT2D eigenvalue weighted by molar-refractivity contribution is 8.55. The van der Waals surface area contributed by atoms with Crippen LogP contribution in [0.3, 0.4) is 0 Å². The Kier molecular flexibility index (Phi) is 9.08. The number of carbonyl (C=O) groups is 2. The van der Waals surface area contributed by atoms with Crippen LogP contribution in [0.1, 0.15) is 20.8 Å². The predicted molar refractivity (Wildman–Crippen MR) is 73.1 cm³/mol. The molecule has 0 aliphatic rings. The molecule has 0 aromatic heterocycles. The van der Waals surface area contributed by atoms with E-state index in [1.165, 1.54) is 7.05 Å². The molecule has 0 rings (SSSR count). The summed E-state index contributed by atoms with van der Waals surface area (Å²) in [7, 11) is 1.30. The molecule has 2 amide bonds. The van der Waals surface area contributed by atoms with Crippen LogP contribution in [0, 0.1) is 0 Å². The first-order valence-corrected chi connectivity index (χ1v) is 9.00. The lowest BCUT2D eigenvalue weighted by Crippen LogP contribution is -2.34. The summed E-state index contributed by atoms with van der Waals surface area (Å²) >= 11 is 0.757. The summed E-state index contributed by atoms with van der Waals surface area (Å²) in [5.74, 6) is -0.713. The second kappa shape index (κ2) is 9.36. The Labute approximate surface area is 117 Å². The number of hydrogen-bond acceptors (Lipinski definition) is 7. The number of nitrogens with zero attached hydrogens (tertiary/aromatic N) is 1. The number of amides is 2. The first-order valence-electron chi connectivity index (χ1n) is 5.87. The Hall–Kier alpha value is -0.560. The van der Waals surface area contributed by atoms with Crippen LogP contribution in [0.5, 0.6) is 0 Å². The molecule has 0 atom stereocenters. The van der Waals surface area contributed by atoms with Gasteiger partial charge in [-0.3, -0.25) is 4.79 Å². The molecule has 0 bridgehead atoms. The molecule has 7 nitrogen and oxygen atoms in total. The third-order valence-electron chi connectivity index (χ3n) is 1.84. The highest BCUT2D eigenvalue weighted by Crippen LogP contribution is 2.60. The summed E-state index contributed by atoms with van der Waals surface area (Å²) in [6.07, 6.45) is -0.740. The minimum absolute atomic E-state index is 0.181. The summed E-state index contributed by atoms with van der Waals surface area (Å²) in [5.41, 5.74) is 0. The molecule has 0 aliphatic carbocycles. The average molecular weight is 313 g/mol. The summed E-state index contributed by atoms with van der Waals surface area (Å²) in [6.45, 7) is 2.27. The number of carbonyl (C=O) groups excluding carboxylic acids is 2. The first-order chi connectivity index (χ1) is 8.90. The van der Waals surface area contributed by atoms with Crippen molar-refractivity contribution < 1.29 is 27.9 Å². The summed E-state index contributed by atoms with van der Waals surface area (Å²) in [5, 5.41) is 0. The van der Waals surface area contributed by atoms with E-state index in [1.807, 2.05) is 0 Å². The van der Waals surface area contributed by atoms with Gasteiger partial charge in [-0.1, -0.05) is 0 Å². The molecule has 0 heterocycles. The molecule has 0 fully saturated rings. The van der Waals surface area contributed by atoms with Crippen LogP contribution < -0.4 is 0 Å². The monoisotopic (exact) mass is 313 g/mol. The van der Waals surface area contributed by atoms with E-state index in [-0.39, 0.29) is 25.6 Å². The van der Waals surface area contributed by atoms with Crippen molar-refractivity contribution in [3.05, 3.63) is 0 Å². The summed E-state index contributed by atoms with van der Waals surface area (Å²) < 4.78 is 26.8. The van der Waals surface area contributed by atoms with Gasteiger partial charge >= 0.3 is 12.9 Å². The minimum atomic E-state index is -3.34. The van der Waals surface area contributed by atoms with E-state index in [2.05, 4.69) is 4.74 Å². The van der Waals surface area contributed by atoms with Gasteiger partial charge in [0.15, 0.2) is 0 Å². The quantitative estimate of drug-likeness (QED) is 0.637. The fraction of sp³-hybridized carbons (Fsp3) is 0.800. The van der Waals surface area contributed by atoms with Gasteiger partial charge in [0, 0.05) is 7.05 Å². The third-order valence-corrected chi connectivity index (χ3v) is 5.65. The van der Waals surface area contributed by atoms with Crippen molar-refractivity contribution in [2.75, 3.05) is 32.6 Å². The van der Waals surface area contributed by atoms with Crippen molar-refractivity contribution in [3.8, 4) is 0 Å². The van der Waals surface area contributed by atoms with Crippen LogP contribution in [0.25, 0.3) is 0 Å². The maximum absolute atomic E-state index is 12.1. The Bertz CT molecular complexity index is 341. The normalized spacial score (nSPS) is 11.2. The fourth-order valence-corrected chi connectivity index (χ4v) is 4.18. The minimum Gasteiger partial charge on any atom is -0.449 e. The van der Waals surface area contributed by atoms with Gasteiger partial charge in [-0.05, 0) is 32.2 Å². The molecule has 0 aromatic rings. The Morgan fingerprint density at radius 3 is 2.05 bits per heavy atom. The zero-order valence-electron chi connectivity index (χ0n) is 11.6. The lowest BCUT2D eigenvalue weighted by Gasteiger charge is -2.18. The second-order valence-electron chi connectivity index (χ2n) is 3.21. The molecular weight excluding hydrogens is 293 g/mol. The molecular formula is C10H20NO6PS. The molecule has 0 aromatic carbocycles. The molecule has 0 radical (unpaired) electrons. The molecule has 112 valence electrons. The number of rotatable bonds is 8. The first kappa shape index (κ1) is 18.4. The summed E-state index contributed by atoms with van der Waals surface area (Å²) in [6, 6.07) is 0. The molecule has 0 saturated carbocycles. The van der Waals surface area contributed by atoms with E-state index < -0.39 is 18.8 Å². The third kappa shape index (κ3) is 6.96. The van der Waals surface area contributed by atoms with Crippen molar-refractivity contribution in [1.29, 1.82) is 0 Å². The van der Waals surface area contributed by atoms with Crippen LogP contribution in [0.4, 0.5) is 4.79 Å². The van der Waals surface area contributed by atoms with Gasteiger partial charge in [0.05, 0.1) is 25.6 Å². The van der Waals surface area contributed by atoms with Crippen molar-refractivity contribution >= 4 is 30.2 Å². The lowest BCUT2D eigenvalue weighted by atomic mass is 10.6. The smallest absolute Gasteiger partial charge is 0.416 e. The standard InChI is InChI=1S/C10H20NO6PS/c1-5-15-10(13)11(4)9(12)8-19-18(14,16-6-2)17-7-3/h5-8H2,1-4H3. The van der Waals surface area contributed by atoms with Gasteiger partial charge in [-0.15, -0.1) is 0 Å². The SMILES string of the molecule is CCOC(=O)N(C)C(=O)CSP(=O)(OCC)OCC. The van der Waals surface area contributed by atoms with Crippen molar-refractivity contribution in [2.24, 2.45) is 0 Å². The Balaban J connectivity index is 4.40. The van der Waals surface area contributed by atoms with Crippen LogP contribution in [-0.4, -0.2) is 49.5 Å². The van der Waals surface area contributed by atoms with Gasteiger partial charge in [-0.2, -0.15) is 0 Å². The van der Waals surface area contributed by atoms with E-state index >= 15 is 0 Å². The van der Waals surface area contributed by atoms with E-state index in [9.17, 15) is 14.2 Å². The average Bonchev–Trinajstić information content (AvgIpc) is 2.36. The number of ether oxygens (including phenoxy) is 1. The van der Waals surface area contributed by atoms with Gasteiger partial charge in [0.1, 0.15) is 0 Å². The topological polar surface area (TPSA) is 82.1 Å². The molecule has 0 N–H and O–H groups in total. The maximum Gasteiger partial charge on any atom is 0.416 e. The van der Waals surface area contributed by atoms with Gasteiger partial charge < -0.3 is 13.8 Å². The molecule has 0 aliphatic heterocycles. The molecule has 0 unspecified atom stereocenters. The zero-order valence-corrected chi connectivity index (χ0v) is 13.3. The molecule has 9 heteroatoms. The van der Waals surface area contributed by atoms with Crippen LogP contribution in [0.2, 0.25) is 0 Å². The van der Waals surface area contributed by atoms with Crippen LogP contribution in [0.15, 0.2) is 0 Å². The largest absolute Gasteiger partial charge is 0.449 e. The van der Waals surface area contributed by atoms with Crippen molar-refractivity contribution in [1.82, 2.24) is 4.90 Å². The molecule has 19 heavy (non-hydrogen) atoms. The second-order valence-corrected chi connectivity index (χ2v) is 7.28. The number of imide groups is 1. The van der Waals surface area contributed by atoms with E-state index in [0.29, 0.717) is 0 Å². The Morgan fingerprint density at radius 2 is 1.63 bits per heavy atom. The molecule has 0 spiro atoms. The Morgan fingerprint density at radius 1 is 1.11 bits per heavy atom. The lowest BCUT2D eigenvalue weighted by molar-refractivity contribution is -0.125. The van der Waals surface area contributed by atoms with E-state index in [1.54, 1.807) is 20.8 Å². The number of hydrogen-bond donors (Lipinski definition) is 0. The highest BCUT2D eigenvalue weighted by atomic mass is 32.7. The van der Waals surface area contributed by atoms with Gasteiger partial charge in [-0.25, -0.2) is 14.3 Å². The zero-order chi connectivity index (χ0) is 14.9.